The lowest BCUT2D eigenvalue weighted by molar-refractivity contribution is -0.126. The highest BCUT2D eigenvalue weighted by Crippen LogP contribution is 2.32. The summed E-state index contributed by atoms with van der Waals surface area (Å²) in [5.74, 6) is 0.634. The van der Waals surface area contributed by atoms with Crippen molar-refractivity contribution in [3.63, 3.8) is 0 Å². The number of hydrogen-bond donors (Lipinski definition) is 1. The minimum absolute atomic E-state index is 0.209. The van der Waals surface area contributed by atoms with Crippen molar-refractivity contribution in [2.24, 2.45) is 11.1 Å². The van der Waals surface area contributed by atoms with Crippen LogP contribution >= 0.6 is 15.9 Å². The molecule has 0 bridgehead atoms. The summed E-state index contributed by atoms with van der Waals surface area (Å²) in [6.07, 6.45) is 0.823. The first-order chi connectivity index (χ1) is 8.94. The lowest BCUT2D eigenvalue weighted by Crippen LogP contribution is -2.36. The number of hydrogen-bond acceptors (Lipinski definition) is 3. The number of methoxy groups -OCH3 is 1. The zero-order chi connectivity index (χ0) is 14.0. The Morgan fingerprint density at radius 1 is 1.58 bits per heavy atom. The fourth-order valence-electron chi connectivity index (χ4n) is 2.43. The second-order valence-electron chi connectivity index (χ2n) is 5.34. The van der Waals surface area contributed by atoms with Crippen molar-refractivity contribution in [1.82, 2.24) is 4.90 Å². The Kier molecular flexibility index (Phi) is 4.16. The molecular formula is C14H19BrN2O2. The zero-order valence-electron chi connectivity index (χ0n) is 11.3. The Labute approximate surface area is 122 Å². The van der Waals surface area contributed by atoms with Gasteiger partial charge in [-0.3, -0.25) is 9.69 Å². The maximum atomic E-state index is 11.5. The predicted octanol–water partition coefficient (Wildman–Crippen LogP) is 2.16. The van der Waals surface area contributed by atoms with Crippen molar-refractivity contribution < 1.29 is 9.53 Å². The van der Waals surface area contributed by atoms with Crippen LogP contribution in [0.2, 0.25) is 0 Å². The highest BCUT2D eigenvalue weighted by atomic mass is 79.9. The topological polar surface area (TPSA) is 55.6 Å². The lowest BCUT2D eigenvalue weighted by Gasteiger charge is -2.21. The number of nitrogens with zero attached hydrogens (tertiary/aromatic N) is 1. The molecule has 1 saturated heterocycles. The number of amides is 1. The van der Waals surface area contributed by atoms with E-state index in [-0.39, 0.29) is 5.91 Å². The third-order valence-electron chi connectivity index (χ3n) is 3.79. The smallest absolute Gasteiger partial charge is 0.224 e. The molecule has 5 heteroatoms. The van der Waals surface area contributed by atoms with Crippen molar-refractivity contribution in [1.29, 1.82) is 0 Å². The third kappa shape index (κ3) is 3.09. The molecular weight excluding hydrogens is 308 g/mol. The first kappa shape index (κ1) is 14.3. The molecule has 0 aromatic heterocycles. The van der Waals surface area contributed by atoms with Gasteiger partial charge in [-0.2, -0.15) is 0 Å². The first-order valence-corrected chi connectivity index (χ1v) is 7.08. The summed E-state index contributed by atoms with van der Waals surface area (Å²) in [4.78, 5) is 13.7. The van der Waals surface area contributed by atoms with Gasteiger partial charge in [0, 0.05) is 17.6 Å². The number of carbonyl (C=O) groups excluding carboxylic acids is 1. The summed E-state index contributed by atoms with van der Waals surface area (Å²) >= 11 is 3.55. The number of nitrogens with two attached hydrogens (primary N) is 1. The number of rotatable bonds is 4. The molecule has 1 heterocycles. The second kappa shape index (κ2) is 5.51. The number of carbonyl (C=O) groups is 1. The molecule has 1 aliphatic rings. The Morgan fingerprint density at radius 3 is 2.89 bits per heavy atom. The van der Waals surface area contributed by atoms with Gasteiger partial charge in [-0.1, -0.05) is 15.9 Å². The van der Waals surface area contributed by atoms with E-state index in [1.165, 1.54) is 0 Å². The van der Waals surface area contributed by atoms with Crippen LogP contribution in [0.5, 0.6) is 5.75 Å². The molecule has 2 N–H and O–H groups in total. The van der Waals surface area contributed by atoms with Gasteiger partial charge in [-0.25, -0.2) is 0 Å². The summed E-state index contributed by atoms with van der Waals surface area (Å²) in [6, 6.07) is 5.92. The minimum atomic E-state index is -0.397. The minimum Gasteiger partial charge on any atom is -0.497 e. The SMILES string of the molecule is COc1ccc(Br)c(CN2CCC(C)(C(N)=O)C2)c1. The molecule has 1 aromatic rings. The van der Waals surface area contributed by atoms with E-state index in [0.29, 0.717) is 6.54 Å². The second-order valence-corrected chi connectivity index (χ2v) is 6.20. The molecule has 2 rings (SSSR count). The zero-order valence-corrected chi connectivity index (χ0v) is 12.9. The van der Waals surface area contributed by atoms with Gasteiger partial charge in [0.05, 0.1) is 12.5 Å². The number of likely N-dealkylation sites (tertiary alicyclic amines) is 1. The highest BCUT2D eigenvalue weighted by Gasteiger charge is 2.38. The summed E-state index contributed by atoms with van der Waals surface area (Å²) in [7, 11) is 1.66. The van der Waals surface area contributed by atoms with Crippen molar-refractivity contribution in [2.45, 2.75) is 19.9 Å². The molecule has 0 spiro atoms. The van der Waals surface area contributed by atoms with Crippen LogP contribution in [0.4, 0.5) is 0 Å². The van der Waals surface area contributed by atoms with Crippen LogP contribution < -0.4 is 10.5 Å². The molecule has 1 unspecified atom stereocenters. The van der Waals surface area contributed by atoms with Crippen LogP contribution in [0.3, 0.4) is 0 Å². The fraction of sp³-hybridized carbons (Fsp3) is 0.500. The molecule has 19 heavy (non-hydrogen) atoms. The molecule has 1 atom stereocenters. The normalized spacial score (nSPS) is 23.5. The van der Waals surface area contributed by atoms with Gasteiger partial charge in [0.2, 0.25) is 5.91 Å². The molecule has 0 saturated carbocycles. The fourth-order valence-corrected chi connectivity index (χ4v) is 2.80. The van der Waals surface area contributed by atoms with Crippen LogP contribution in [-0.2, 0) is 11.3 Å². The van der Waals surface area contributed by atoms with Crippen LogP contribution in [0.1, 0.15) is 18.9 Å². The predicted molar refractivity (Wildman–Crippen MR) is 77.9 cm³/mol. The van der Waals surface area contributed by atoms with Gasteiger partial charge in [-0.05, 0) is 43.7 Å². The van der Waals surface area contributed by atoms with E-state index in [9.17, 15) is 4.79 Å². The van der Waals surface area contributed by atoms with Crippen LogP contribution in [0.25, 0.3) is 0 Å². The summed E-state index contributed by atoms with van der Waals surface area (Å²) < 4.78 is 6.30. The third-order valence-corrected chi connectivity index (χ3v) is 4.57. The monoisotopic (exact) mass is 326 g/mol. The van der Waals surface area contributed by atoms with E-state index in [1.54, 1.807) is 7.11 Å². The van der Waals surface area contributed by atoms with E-state index in [0.717, 1.165) is 35.3 Å². The van der Waals surface area contributed by atoms with Gasteiger partial charge >= 0.3 is 0 Å². The van der Waals surface area contributed by atoms with E-state index in [1.807, 2.05) is 25.1 Å². The number of benzene rings is 1. The maximum absolute atomic E-state index is 11.5. The van der Waals surface area contributed by atoms with E-state index in [2.05, 4.69) is 20.8 Å². The molecule has 1 aromatic carbocycles. The van der Waals surface area contributed by atoms with Crippen LogP contribution in [0.15, 0.2) is 22.7 Å². The van der Waals surface area contributed by atoms with Crippen molar-refractivity contribution >= 4 is 21.8 Å². The standard InChI is InChI=1S/C14H19BrN2O2/c1-14(13(16)18)5-6-17(9-14)8-10-7-11(19-2)3-4-12(10)15/h3-4,7H,5-6,8-9H2,1-2H3,(H2,16,18). The van der Waals surface area contributed by atoms with E-state index in [4.69, 9.17) is 10.5 Å². The highest BCUT2D eigenvalue weighted by molar-refractivity contribution is 9.10. The van der Waals surface area contributed by atoms with Crippen molar-refractivity contribution in [2.75, 3.05) is 20.2 Å². The van der Waals surface area contributed by atoms with Gasteiger partial charge in [-0.15, -0.1) is 0 Å². The summed E-state index contributed by atoms with van der Waals surface area (Å²) in [6.45, 7) is 4.34. The summed E-state index contributed by atoms with van der Waals surface area (Å²) in [5.41, 5.74) is 6.23. The molecule has 0 radical (unpaired) electrons. The van der Waals surface area contributed by atoms with Gasteiger partial charge in [0.1, 0.15) is 5.75 Å². The largest absolute Gasteiger partial charge is 0.497 e. The van der Waals surface area contributed by atoms with Gasteiger partial charge in [0.15, 0.2) is 0 Å². The van der Waals surface area contributed by atoms with Crippen LogP contribution in [0, 0.1) is 5.41 Å². The van der Waals surface area contributed by atoms with Gasteiger partial charge in [0.25, 0.3) is 0 Å². The van der Waals surface area contributed by atoms with Crippen LogP contribution in [-0.4, -0.2) is 31.0 Å². The Morgan fingerprint density at radius 2 is 2.32 bits per heavy atom. The first-order valence-electron chi connectivity index (χ1n) is 6.29. The molecule has 4 nitrogen and oxygen atoms in total. The Bertz CT molecular complexity index is 492. The quantitative estimate of drug-likeness (QED) is 0.922. The molecule has 1 aliphatic heterocycles. The lowest BCUT2D eigenvalue weighted by atomic mass is 9.89. The summed E-state index contributed by atoms with van der Waals surface area (Å²) in [5, 5.41) is 0. The Hall–Kier alpha value is -1.07. The number of ether oxygens (including phenoxy) is 1. The van der Waals surface area contributed by atoms with E-state index < -0.39 is 5.41 Å². The number of halogens is 1. The molecule has 1 fully saturated rings. The maximum Gasteiger partial charge on any atom is 0.224 e. The van der Waals surface area contributed by atoms with Crippen molar-refractivity contribution in [3.05, 3.63) is 28.2 Å². The Balaban J connectivity index is 2.09. The molecule has 104 valence electrons. The van der Waals surface area contributed by atoms with Crippen molar-refractivity contribution in [3.8, 4) is 5.75 Å². The van der Waals surface area contributed by atoms with E-state index >= 15 is 0 Å². The molecule has 0 aliphatic carbocycles. The van der Waals surface area contributed by atoms with Gasteiger partial charge < -0.3 is 10.5 Å². The average Bonchev–Trinajstić information content (AvgIpc) is 2.75. The molecule has 1 amide bonds. The number of primary amides is 1. The average molecular weight is 327 g/mol.